The number of benzene rings is 3. The lowest BCUT2D eigenvalue weighted by Gasteiger charge is -2.18. The lowest BCUT2D eigenvalue weighted by atomic mass is 10.1. The summed E-state index contributed by atoms with van der Waals surface area (Å²) in [7, 11) is 0. The van der Waals surface area contributed by atoms with Gasteiger partial charge in [-0.3, -0.25) is 9.59 Å². The van der Waals surface area contributed by atoms with Crippen molar-refractivity contribution < 1.29 is 14.3 Å². The van der Waals surface area contributed by atoms with Crippen LogP contribution in [0.4, 0.5) is 11.4 Å². The fourth-order valence-electron chi connectivity index (χ4n) is 3.14. The summed E-state index contributed by atoms with van der Waals surface area (Å²) >= 11 is 0. The Hall–Kier alpha value is -3.86. The van der Waals surface area contributed by atoms with Crippen LogP contribution in [0.3, 0.4) is 0 Å². The Labute approximate surface area is 169 Å². The molecule has 0 saturated heterocycles. The molecule has 0 fully saturated rings. The van der Waals surface area contributed by atoms with Crippen molar-refractivity contribution in [3.8, 4) is 5.75 Å². The third kappa shape index (κ3) is 4.04. The Morgan fingerprint density at radius 3 is 2.21 bits per heavy atom. The maximum atomic E-state index is 12.7. The Balaban J connectivity index is 1.51. The number of nitrogens with one attached hydrogen (secondary N) is 2. The zero-order valence-electron chi connectivity index (χ0n) is 15.9. The second-order valence-corrected chi connectivity index (χ2v) is 6.75. The molecule has 0 radical (unpaired) electrons. The van der Waals surface area contributed by atoms with Crippen molar-refractivity contribution in [2.75, 3.05) is 17.2 Å². The molecule has 1 heterocycles. The number of hydrogen-bond donors (Lipinski definition) is 2. The predicted octanol–water partition coefficient (Wildman–Crippen LogP) is 4.66. The smallest absolute Gasteiger partial charge is 0.255 e. The van der Waals surface area contributed by atoms with Gasteiger partial charge in [0, 0.05) is 22.5 Å². The van der Waals surface area contributed by atoms with Crippen LogP contribution in [0.2, 0.25) is 0 Å². The molecule has 144 valence electrons. The van der Waals surface area contributed by atoms with Crippen LogP contribution in [-0.2, 0) is 4.79 Å². The largest absolute Gasteiger partial charge is 0.488 e. The highest BCUT2D eigenvalue weighted by atomic mass is 16.5. The molecule has 0 unspecified atom stereocenters. The van der Waals surface area contributed by atoms with Crippen molar-refractivity contribution >= 4 is 29.3 Å². The van der Waals surface area contributed by atoms with Crippen molar-refractivity contribution in [2.24, 2.45) is 0 Å². The van der Waals surface area contributed by atoms with E-state index in [4.69, 9.17) is 4.74 Å². The zero-order valence-corrected chi connectivity index (χ0v) is 15.9. The SMILES string of the molecule is Cc1c(NC(=O)C2=Cc3ccccc3OC2)cccc1NC(=O)c1ccccc1. The van der Waals surface area contributed by atoms with Crippen LogP contribution in [0.25, 0.3) is 6.08 Å². The lowest BCUT2D eigenvalue weighted by molar-refractivity contribution is -0.113. The standard InChI is InChI=1S/C24H20N2O3/c1-16-20(25-23(27)17-8-3-2-4-9-17)11-7-12-21(16)26-24(28)19-14-18-10-5-6-13-22(18)29-15-19/h2-14H,15H2,1H3,(H,25,27)(H,26,28). The minimum absolute atomic E-state index is 0.197. The van der Waals surface area contributed by atoms with Gasteiger partial charge in [0.1, 0.15) is 12.4 Å². The van der Waals surface area contributed by atoms with E-state index in [0.717, 1.165) is 16.9 Å². The fraction of sp³-hybridized carbons (Fsp3) is 0.0833. The number of ether oxygens (including phenoxy) is 1. The highest BCUT2D eigenvalue weighted by Gasteiger charge is 2.18. The van der Waals surface area contributed by atoms with E-state index >= 15 is 0 Å². The van der Waals surface area contributed by atoms with Crippen LogP contribution in [0.15, 0.2) is 78.4 Å². The first kappa shape index (κ1) is 18.5. The molecule has 0 atom stereocenters. The molecule has 0 aromatic heterocycles. The highest BCUT2D eigenvalue weighted by Crippen LogP contribution is 2.28. The number of carbonyl (C=O) groups excluding carboxylic acids is 2. The molecule has 4 rings (SSSR count). The van der Waals surface area contributed by atoms with Gasteiger partial charge >= 0.3 is 0 Å². The summed E-state index contributed by atoms with van der Waals surface area (Å²) in [5, 5.41) is 5.83. The van der Waals surface area contributed by atoms with Gasteiger partial charge in [0.05, 0.1) is 5.57 Å². The van der Waals surface area contributed by atoms with Crippen LogP contribution in [0, 0.1) is 6.92 Å². The van der Waals surface area contributed by atoms with Crippen molar-refractivity contribution in [3.05, 3.63) is 95.1 Å². The quantitative estimate of drug-likeness (QED) is 0.687. The molecule has 5 heteroatoms. The first-order valence-corrected chi connectivity index (χ1v) is 9.31. The number of hydrogen-bond acceptors (Lipinski definition) is 3. The van der Waals surface area contributed by atoms with E-state index in [1.54, 1.807) is 18.2 Å². The summed E-state index contributed by atoms with van der Waals surface area (Å²) in [6.07, 6.45) is 1.84. The van der Waals surface area contributed by atoms with E-state index in [1.807, 2.05) is 67.6 Å². The van der Waals surface area contributed by atoms with Crippen LogP contribution in [-0.4, -0.2) is 18.4 Å². The molecule has 3 aromatic rings. The van der Waals surface area contributed by atoms with Gasteiger partial charge in [0.25, 0.3) is 11.8 Å². The molecule has 1 aliphatic rings. The molecule has 0 spiro atoms. The number of carbonyl (C=O) groups is 2. The summed E-state index contributed by atoms with van der Waals surface area (Å²) in [5.74, 6) is 0.345. The van der Waals surface area contributed by atoms with Gasteiger partial charge in [-0.2, -0.15) is 0 Å². The number of anilines is 2. The highest BCUT2D eigenvalue weighted by molar-refractivity contribution is 6.09. The average molecular weight is 384 g/mol. The van der Waals surface area contributed by atoms with Crippen LogP contribution < -0.4 is 15.4 Å². The topological polar surface area (TPSA) is 67.4 Å². The minimum atomic E-state index is -0.228. The molecule has 0 aliphatic carbocycles. The number of para-hydroxylation sites is 1. The second-order valence-electron chi connectivity index (χ2n) is 6.75. The summed E-state index contributed by atoms with van der Waals surface area (Å²) < 4.78 is 5.66. The van der Waals surface area contributed by atoms with Gasteiger partial charge in [-0.1, -0.05) is 42.5 Å². The molecule has 29 heavy (non-hydrogen) atoms. The van der Waals surface area contributed by atoms with E-state index in [2.05, 4.69) is 10.6 Å². The predicted molar refractivity (Wildman–Crippen MR) is 114 cm³/mol. The molecule has 1 aliphatic heterocycles. The van der Waals surface area contributed by atoms with Gasteiger partial charge in [-0.05, 0) is 48.9 Å². The third-order valence-corrected chi connectivity index (χ3v) is 4.79. The fourth-order valence-corrected chi connectivity index (χ4v) is 3.14. The normalized spacial score (nSPS) is 12.2. The Kier molecular flexibility index (Phi) is 5.12. The molecule has 2 N–H and O–H groups in total. The van der Waals surface area contributed by atoms with Crippen LogP contribution in [0.5, 0.6) is 5.75 Å². The molecule has 0 saturated carbocycles. The summed E-state index contributed by atoms with van der Waals surface area (Å²) in [6.45, 7) is 2.07. The van der Waals surface area contributed by atoms with Gasteiger partial charge in [0.2, 0.25) is 0 Å². The monoisotopic (exact) mass is 384 g/mol. The van der Waals surface area contributed by atoms with E-state index in [0.29, 0.717) is 22.5 Å². The number of rotatable bonds is 4. The molecule has 3 aromatic carbocycles. The molecule has 2 amide bonds. The van der Waals surface area contributed by atoms with E-state index in [-0.39, 0.29) is 18.4 Å². The first-order chi connectivity index (χ1) is 14.1. The second kappa shape index (κ2) is 8.02. The lowest BCUT2D eigenvalue weighted by Crippen LogP contribution is -2.22. The van der Waals surface area contributed by atoms with Crippen molar-refractivity contribution in [1.29, 1.82) is 0 Å². The average Bonchev–Trinajstić information content (AvgIpc) is 2.76. The van der Waals surface area contributed by atoms with Crippen LogP contribution >= 0.6 is 0 Å². The zero-order chi connectivity index (χ0) is 20.2. The maximum absolute atomic E-state index is 12.7. The van der Waals surface area contributed by atoms with E-state index in [9.17, 15) is 9.59 Å². The van der Waals surface area contributed by atoms with Gasteiger partial charge < -0.3 is 15.4 Å². The van der Waals surface area contributed by atoms with Crippen molar-refractivity contribution in [1.82, 2.24) is 0 Å². The summed E-state index contributed by atoms with van der Waals surface area (Å²) in [4.78, 5) is 25.2. The van der Waals surface area contributed by atoms with E-state index < -0.39 is 0 Å². The van der Waals surface area contributed by atoms with Crippen LogP contribution in [0.1, 0.15) is 21.5 Å². The van der Waals surface area contributed by atoms with Gasteiger partial charge in [0.15, 0.2) is 0 Å². The van der Waals surface area contributed by atoms with Gasteiger partial charge in [-0.25, -0.2) is 0 Å². The summed E-state index contributed by atoms with van der Waals surface area (Å²) in [6, 6.07) is 22.0. The Morgan fingerprint density at radius 2 is 1.45 bits per heavy atom. The molecular weight excluding hydrogens is 364 g/mol. The van der Waals surface area contributed by atoms with E-state index in [1.165, 1.54) is 0 Å². The maximum Gasteiger partial charge on any atom is 0.255 e. The Bertz CT molecular complexity index is 1100. The molecule has 5 nitrogen and oxygen atoms in total. The summed E-state index contributed by atoms with van der Waals surface area (Å²) in [5.41, 5.74) is 4.06. The number of fused-ring (bicyclic) bond motifs is 1. The van der Waals surface area contributed by atoms with Gasteiger partial charge in [-0.15, -0.1) is 0 Å². The minimum Gasteiger partial charge on any atom is -0.488 e. The van der Waals surface area contributed by atoms with Crippen molar-refractivity contribution in [2.45, 2.75) is 6.92 Å². The first-order valence-electron chi connectivity index (χ1n) is 9.31. The number of amides is 2. The third-order valence-electron chi connectivity index (χ3n) is 4.79. The molecular formula is C24H20N2O3. The van der Waals surface area contributed by atoms with Crippen molar-refractivity contribution in [3.63, 3.8) is 0 Å². The Morgan fingerprint density at radius 1 is 0.793 bits per heavy atom. The molecule has 0 bridgehead atoms.